The molecule has 0 amide bonds. The highest BCUT2D eigenvalue weighted by Crippen LogP contribution is 2.36. The maximum Gasteiger partial charge on any atom is 0.320 e. The van der Waals surface area contributed by atoms with Crippen molar-refractivity contribution in [2.75, 3.05) is 32.7 Å². The Bertz CT molecular complexity index is 770. The molecule has 2 aliphatic heterocycles. The molecule has 0 aromatic heterocycles. The Hall–Kier alpha value is -1.01. The van der Waals surface area contributed by atoms with Crippen molar-refractivity contribution in [2.45, 2.75) is 64.0 Å². The highest BCUT2D eigenvalue weighted by molar-refractivity contribution is 6.42. The smallest absolute Gasteiger partial charge is 0.320 e. The molecule has 1 aromatic rings. The molecule has 172 valence electrons. The summed E-state index contributed by atoms with van der Waals surface area (Å²) in [5.41, 5.74) is 0.907. The van der Waals surface area contributed by atoms with Crippen LogP contribution in [-0.2, 0) is 4.79 Å². The largest absolute Gasteiger partial charge is 0.490 e. The molecule has 5 nitrogen and oxygen atoms in total. The second-order valence-corrected chi connectivity index (χ2v) is 10.4. The number of carboxylic acids is 1. The van der Waals surface area contributed by atoms with Crippen molar-refractivity contribution in [3.05, 3.63) is 27.7 Å². The van der Waals surface area contributed by atoms with Gasteiger partial charge < -0.3 is 14.7 Å². The first-order valence-corrected chi connectivity index (χ1v) is 12.5. The summed E-state index contributed by atoms with van der Waals surface area (Å²) in [5, 5.41) is 10.8. The van der Waals surface area contributed by atoms with E-state index in [-0.39, 0.29) is 12.1 Å². The minimum atomic E-state index is -0.635. The zero-order valence-corrected chi connectivity index (χ0v) is 19.9. The Kier molecular flexibility index (Phi) is 7.68. The highest BCUT2D eigenvalue weighted by Gasteiger charge is 2.35. The lowest BCUT2D eigenvalue weighted by Crippen LogP contribution is -2.48. The van der Waals surface area contributed by atoms with Gasteiger partial charge in [-0.1, -0.05) is 36.0 Å². The average Bonchev–Trinajstić information content (AvgIpc) is 3.59. The number of nitrogens with zero attached hydrogens (tertiary/aromatic N) is 2. The van der Waals surface area contributed by atoms with Crippen molar-refractivity contribution >= 4 is 29.2 Å². The Morgan fingerprint density at radius 2 is 1.74 bits per heavy atom. The van der Waals surface area contributed by atoms with E-state index >= 15 is 0 Å². The standard InChI is InChI=1S/C24H34Cl2N2O3/c1-16-22(5-4-20(25)23(16)26)31-19-8-10-27(11-9-19)15-18-6-12-28(13-7-18)21(24(29)30)14-17-2-3-17/h4-5,17-19,21H,2-3,6-15H2,1H3,(H,29,30)/t21-/m0/s1. The molecule has 1 N–H and O–H groups in total. The van der Waals surface area contributed by atoms with Gasteiger partial charge in [-0.15, -0.1) is 0 Å². The minimum Gasteiger partial charge on any atom is -0.490 e. The van der Waals surface area contributed by atoms with E-state index in [9.17, 15) is 9.90 Å². The average molecular weight is 469 g/mol. The van der Waals surface area contributed by atoms with Crippen LogP contribution in [0.1, 0.15) is 50.5 Å². The van der Waals surface area contributed by atoms with Crippen LogP contribution in [0.5, 0.6) is 5.75 Å². The molecule has 2 saturated heterocycles. The van der Waals surface area contributed by atoms with Crippen LogP contribution in [-0.4, -0.2) is 65.7 Å². The SMILES string of the molecule is Cc1c(OC2CCN(CC3CCN([C@@H](CC4CC4)C(=O)O)CC3)CC2)ccc(Cl)c1Cl. The first-order chi connectivity index (χ1) is 14.9. The van der Waals surface area contributed by atoms with Gasteiger partial charge in [0.2, 0.25) is 0 Å². The zero-order valence-electron chi connectivity index (χ0n) is 18.4. The summed E-state index contributed by atoms with van der Waals surface area (Å²) in [4.78, 5) is 16.5. The summed E-state index contributed by atoms with van der Waals surface area (Å²) in [7, 11) is 0. The number of aliphatic carboxylic acids is 1. The number of hydrogen-bond acceptors (Lipinski definition) is 4. The Morgan fingerprint density at radius 3 is 2.35 bits per heavy atom. The minimum absolute atomic E-state index is 0.216. The van der Waals surface area contributed by atoms with Gasteiger partial charge in [0.15, 0.2) is 0 Å². The number of benzene rings is 1. The number of piperidine rings is 2. The van der Waals surface area contributed by atoms with Gasteiger partial charge in [0.1, 0.15) is 17.9 Å². The van der Waals surface area contributed by atoms with Crippen molar-refractivity contribution in [2.24, 2.45) is 11.8 Å². The molecular weight excluding hydrogens is 435 g/mol. The van der Waals surface area contributed by atoms with E-state index in [0.717, 1.165) is 76.1 Å². The van der Waals surface area contributed by atoms with Gasteiger partial charge in [0.05, 0.1) is 10.0 Å². The monoisotopic (exact) mass is 468 g/mol. The summed E-state index contributed by atoms with van der Waals surface area (Å²) in [6, 6.07) is 3.44. The number of hydrogen-bond donors (Lipinski definition) is 1. The van der Waals surface area contributed by atoms with Crippen LogP contribution in [0.15, 0.2) is 12.1 Å². The predicted molar refractivity (Wildman–Crippen MR) is 124 cm³/mol. The lowest BCUT2D eigenvalue weighted by molar-refractivity contribution is -0.144. The van der Waals surface area contributed by atoms with Crippen LogP contribution >= 0.6 is 23.2 Å². The summed E-state index contributed by atoms with van der Waals surface area (Å²) in [5.74, 6) is 1.51. The number of carbonyl (C=O) groups is 1. The molecule has 3 aliphatic rings. The van der Waals surface area contributed by atoms with Crippen LogP contribution < -0.4 is 4.74 Å². The predicted octanol–water partition coefficient (Wildman–Crippen LogP) is 5.11. The van der Waals surface area contributed by atoms with Gasteiger partial charge in [-0.3, -0.25) is 9.69 Å². The number of ether oxygens (including phenoxy) is 1. The fourth-order valence-corrected chi connectivity index (χ4v) is 5.40. The molecule has 0 spiro atoms. The second kappa shape index (κ2) is 10.3. The lowest BCUT2D eigenvalue weighted by atomic mass is 9.93. The second-order valence-electron chi connectivity index (χ2n) is 9.61. The molecule has 0 bridgehead atoms. The molecule has 7 heteroatoms. The van der Waals surface area contributed by atoms with Crippen LogP contribution in [0.4, 0.5) is 0 Å². The van der Waals surface area contributed by atoms with Crippen LogP contribution in [0.3, 0.4) is 0 Å². The highest BCUT2D eigenvalue weighted by atomic mass is 35.5. The molecule has 4 rings (SSSR count). The van der Waals surface area contributed by atoms with E-state index < -0.39 is 5.97 Å². The first-order valence-electron chi connectivity index (χ1n) is 11.7. The summed E-state index contributed by atoms with van der Waals surface area (Å²) >= 11 is 12.3. The molecule has 1 aliphatic carbocycles. The van der Waals surface area contributed by atoms with Gasteiger partial charge >= 0.3 is 5.97 Å². The third-order valence-electron chi connectivity index (χ3n) is 7.26. The van der Waals surface area contributed by atoms with Crippen molar-refractivity contribution in [3.63, 3.8) is 0 Å². The van der Waals surface area contributed by atoms with Crippen molar-refractivity contribution in [1.29, 1.82) is 0 Å². The quantitative estimate of drug-likeness (QED) is 0.574. The summed E-state index contributed by atoms with van der Waals surface area (Å²) < 4.78 is 6.23. The molecule has 3 fully saturated rings. The third kappa shape index (κ3) is 6.07. The third-order valence-corrected chi connectivity index (χ3v) is 8.16. The first kappa shape index (κ1) is 23.2. The van der Waals surface area contributed by atoms with E-state index in [2.05, 4.69) is 9.80 Å². The Morgan fingerprint density at radius 1 is 1.06 bits per heavy atom. The van der Waals surface area contributed by atoms with E-state index in [0.29, 0.717) is 21.9 Å². The molecule has 2 heterocycles. The van der Waals surface area contributed by atoms with Gasteiger partial charge in [-0.25, -0.2) is 0 Å². The van der Waals surface area contributed by atoms with E-state index in [4.69, 9.17) is 27.9 Å². The Balaban J connectivity index is 1.19. The van der Waals surface area contributed by atoms with Gasteiger partial charge in [-0.2, -0.15) is 0 Å². The summed E-state index contributed by atoms with van der Waals surface area (Å²) in [6.07, 6.45) is 7.72. The maximum atomic E-state index is 11.7. The van der Waals surface area contributed by atoms with Crippen LogP contribution in [0.2, 0.25) is 10.0 Å². The van der Waals surface area contributed by atoms with Crippen molar-refractivity contribution in [3.8, 4) is 5.75 Å². The van der Waals surface area contributed by atoms with Crippen molar-refractivity contribution in [1.82, 2.24) is 9.80 Å². The normalized spacial score (nSPS) is 23.1. The van der Waals surface area contributed by atoms with Gasteiger partial charge in [-0.05, 0) is 76.1 Å². The molecule has 0 radical (unpaired) electrons. The zero-order chi connectivity index (χ0) is 22.0. The van der Waals surface area contributed by atoms with Gasteiger partial charge in [0, 0.05) is 25.2 Å². The van der Waals surface area contributed by atoms with Crippen molar-refractivity contribution < 1.29 is 14.6 Å². The lowest BCUT2D eigenvalue weighted by Gasteiger charge is -2.39. The number of likely N-dealkylation sites (tertiary alicyclic amines) is 2. The van der Waals surface area contributed by atoms with E-state index in [1.807, 2.05) is 13.0 Å². The molecular formula is C24H34Cl2N2O3. The topological polar surface area (TPSA) is 53.0 Å². The van der Waals surface area contributed by atoms with E-state index in [1.165, 1.54) is 12.8 Å². The van der Waals surface area contributed by atoms with Crippen LogP contribution in [0, 0.1) is 18.8 Å². The van der Waals surface area contributed by atoms with Gasteiger partial charge in [0.25, 0.3) is 0 Å². The maximum absolute atomic E-state index is 11.7. The number of halogens is 2. The molecule has 1 aromatic carbocycles. The fourth-order valence-electron chi connectivity index (χ4n) is 5.04. The molecule has 1 atom stereocenters. The van der Waals surface area contributed by atoms with E-state index in [1.54, 1.807) is 6.07 Å². The fraction of sp³-hybridized carbons (Fsp3) is 0.708. The number of rotatable bonds is 8. The summed E-state index contributed by atoms with van der Waals surface area (Å²) in [6.45, 7) is 7.00. The van der Waals surface area contributed by atoms with Crippen LogP contribution in [0.25, 0.3) is 0 Å². The number of carboxylic acid groups (broad SMARTS) is 1. The molecule has 31 heavy (non-hydrogen) atoms. The molecule has 1 saturated carbocycles. The molecule has 0 unspecified atom stereocenters. The Labute approximate surface area is 195 Å².